The lowest BCUT2D eigenvalue weighted by Gasteiger charge is -2.29. The van der Waals surface area contributed by atoms with E-state index in [1.54, 1.807) is 0 Å². The zero-order valence-corrected chi connectivity index (χ0v) is 13.6. The van der Waals surface area contributed by atoms with Gasteiger partial charge in [0, 0.05) is 32.2 Å². The van der Waals surface area contributed by atoms with Crippen LogP contribution in [0, 0.1) is 0 Å². The number of nitrogens with one attached hydrogen (secondary N) is 1. The molecular weight excluding hydrogens is 280 g/mol. The molecule has 0 aromatic heterocycles. The van der Waals surface area contributed by atoms with Gasteiger partial charge in [0.15, 0.2) is 0 Å². The molecule has 0 saturated carbocycles. The Morgan fingerprint density at radius 3 is 2.86 bits per heavy atom. The van der Waals surface area contributed by atoms with Crippen molar-refractivity contribution >= 4 is 0 Å². The average Bonchev–Trinajstić information content (AvgIpc) is 2.54. The van der Waals surface area contributed by atoms with E-state index < -0.39 is 0 Å². The number of β-amino-alcohol motifs (C(OH)–C–C–N with tert-alkyl or cyclic N) is 1. The van der Waals surface area contributed by atoms with Crippen LogP contribution in [0.4, 0.5) is 0 Å². The number of ether oxygens (including phenoxy) is 2. The van der Waals surface area contributed by atoms with Crippen LogP contribution in [0.25, 0.3) is 0 Å². The van der Waals surface area contributed by atoms with E-state index in [1.165, 1.54) is 5.56 Å². The highest BCUT2D eigenvalue weighted by Crippen LogP contribution is 2.19. The Balaban J connectivity index is 1.76. The molecule has 1 aliphatic heterocycles. The molecule has 2 rings (SSSR count). The molecule has 2 N–H and O–H groups in total. The summed E-state index contributed by atoms with van der Waals surface area (Å²) in [4.78, 5) is 2.25. The first-order valence-corrected chi connectivity index (χ1v) is 8.13. The molecule has 1 fully saturated rings. The molecule has 0 amide bonds. The minimum absolute atomic E-state index is 0.180. The number of hydrogen-bond donors (Lipinski definition) is 2. The first-order valence-electron chi connectivity index (χ1n) is 8.13. The fraction of sp³-hybridized carbons (Fsp3) is 0.647. The molecule has 1 heterocycles. The van der Waals surface area contributed by atoms with Gasteiger partial charge in [-0.2, -0.15) is 0 Å². The van der Waals surface area contributed by atoms with Crippen LogP contribution in [0.5, 0.6) is 5.75 Å². The lowest BCUT2D eigenvalue weighted by atomic mass is 10.1. The maximum atomic E-state index is 10.2. The summed E-state index contributed by atoms with van der Waals surface area (Å²) in [6, 6.07) is 8.28. The molecule has 0 radical (unpaired) electrons. The summed E-state index contributed by atoms with van der Waals surface area (Å²) < 4.78 is 10.8. The van der Waals surface area contributed by atoms with E-state index in [-0.39, 0.29) is 12.1 Å². The van der Waals surface area contributed by atoms with Gasteiger partial charge in [0.05, 0.1) is 25.9 Å². The Bertz CT molecular complexity index is 436. The largest absolute Gasteiger partial charge is 0.494 e. The van der Waals surface area contributed by atoms with E-state index in [9.17, 15) is 5.11 Å². The van der Waals surface area contributed by atoms with Gasteiger partial charge in [-0.15, -0.1) is 0 Å². The Morgan fingerprint density at radius 1 is 1.36 bits per heavy atom. The number of morpholine rings is 1. The van der Waals surface area contributed by atoms with Gasteiger partial charge in [-0.25, -0.2) is 0 Å². The zero-order valence-electron chi connectivity index (χ0n) is 13.6. The second kappa shape index (κ2) is 9.10. The van der Waals surface area contributed by atoms with Crippen LogP contribution in [0.15, 0.2) is 24.3 Å². The Labute approximate surface area is 133 Å². The van der Waals surface area contributed by atoms with Crippen LogP contribution >= 0.6 is 0 Å². The molecule has 2 atom stereocenters. The predicted octanol–water partition coefficient (Wildman–Crippen LogP) is 1.43. The average molecular weight is 308 g/mol. The minimum atomic E-state index is -0.365. The van der Waals surface area contributed by atoms with Gasteiger partial charge in [0.2, 0.25) is 0 Å². The summed E-state index contributed by atoms with van der Waals surface area (Å²) in [6.45, 7) is 9.37. The number of hydrogen-bond acceptors (Lipinski definition) is 5. The third-order valence-electron chi connectivity index (χ3n) is 3.90. The molecular formula is C17H28N2O3. The Morgan fingerprint density at radius 2 is 2.14 bits per heavy atom. The molecule has 22 heavy (non-hydrogen) atoms. The van der Waals surface area contributed by atoms with Gasteiger partial charge in [-0.05, 0) is 31.5 Å². The Hall–Kier alpha value is -1.14. The smallest absolute Gasteiger partial charge is 0.119 e. The third kappa shape index (κ3) is 5.57. The molecule has 5 heteroatoms. The number of benzene rings is 1. The highest BCUT2D eigenvalue weighted by atomic mass is 16.5. The number of aliphatic hydroxyl groups is 1. The molecule has 5 nitrogen and oxygen atoms in total. The lowest BCUT2D eigenvalue weighted by molar-refractivity contribution is 0.0145. The molecule has 0 bridgehead atoms. The number of rotatable bonds is 8. The lowest BCUT2D eigenvalue weighted by Crippen LogP contribution is -2.44. The summed E-state index contributed by atoms with van der Waals surface area (Å²) >= 11 is 0. The van der Waals surface area contributed by atoms with Crippen LogP contribution < -0.4 is 10.1 Å². The monoisotopic (exact) mass is 308 g/mol. The van der Waals surface area contributed by atoms with Gasteiger partial charge in [-0.1, -0.05) is 12.1 Å². The zero-order chi connectivity index (χ0) is 15.8. The van der Waals surface area contributed by atoms with E-state index in [0.29, 0.717) is 19.7 Å². The van der Waals surface area contributed by atoms with Gasteiger partial charge in [0.25, 0.3) is 0 Å². The summed E-state index contributed by atoms with van der Waals surface area (Å²) in [5, 5.41) is 13.6. The van der Waals surface area contributed by atoms with Gasteiger partial charge in [-0.3, -0.25) is 4.90 Å². The van der Waals surface area contributed by atoms with Crippen molar-refractivity contribution in [1.29, 1.82) is 0 Å². The summed E-state index contributed by atoms with van der Waals surface area (Å²) in [5.41, 5.74) is 1.17. The third-order valence-corrected chi connectivity index (χ3v) is 3.90. The summed E-state index contributed by atoms with van der Waals surface area (Å²) in [7, 11) is 0. The van der Waals surface area contributed by atoms with Crippen molar-refractivity contribution in [1.82, 2.24) is 10.2 Å². The molecule has 1 aromatic carbocycles. The molecule has 0 spiro atoms. The highest BCUT2D eigenvalue weighted by Gasteiger charge is 2.15. The topological polar surface area (TPSA) is 54.0 Å². The van der Waals surface area contributed by atoms with Crippen LogP contribution in [0.2, 0.25) is 0 Å². The van der Waals surface area contributed by atoms with Crippen molar-refractivity contribution in [3.05, 3.63) is 29.8 Å². The number of nitrogens with zero attached hydrogens (tertiary/aromatic N) is 1. The maximum absolute atomic E-state index is 10.2. The highest BCUT2D eigenvalue weighted by molar-refractivity contribution is 5.30. The standard InChI is InChI=1S/C17H28N2O3/c1-3-22-17-6-4-5-15(11-17)14(2)18-12-16(20)13-19-7-9-21-10-8-19/h4-6,11,14,16,18,20H,3,7-10,12-13H2,1-2H3. The Kier molecular flexibility index (Phi) is 7.12. The quantitative estimate of drug-likeness (QED) is 0.761. The maximum Gasteiger partial charge on any atom is 0.119 e. The minimum Gasteiger partial charge on any atom is -0.494 e. The van der Waals surface area contributed by atoms with E-state index in [4.69, 9.17) is 9.47 Å². The van der Waals surface area contributed by atoms with Crippen molar-refractivity contribution in [3.63, 3.8) is 0 Å². The fourth-order valence-electron chi connectivity index (χ4n) is 2.62. The van der Waals surface area contributed by atoms with Crippen LogP contribution in [-0.4, -0.2) is 62.1 Å². The van der Waals surface area contributed by atoms with Gasteiger partial charge in [0.1, 0.15) is 5.75 Å². The van der Waals surface area contributed by atoms with Crippen LogP contribution in [0.1, 0.15) is 25.5 Å². The van der Waals surface area contributed by atoms with Crippen molar-refractivity contribution in [2.45, 2.75) is 26.0 Å². The van der Waals surface area contributed by atoms with Crippen molar-refractivity contribution in [3.8, 4) is 5.75 Å². The van der Waals surface area contributed by atoms with Gasteiger partial charge >= 0.3 is 0 Å². The van der Waals surface area contributed by atoms with Crippen molar-refractivity contribution < 1.29 is 14.6 Å². The predicted molar refractivity (Wildman–Crippen MR) is 87.3 cm³/mol. The van der Waals surface area contributed by atoms with Crippen molar-refractivity contribution in [2.24, 2.45) is 0 Å². The molecule has 0 aliphatic carbocycles. The van der Waals surface area contributed by atoms with E-state index in [0.717, 1.165) is 32.1 Å². The summed E-state index contributed by atoms with van der Waals surface area (Å²) in [5.74, 6) is 0.891. The van der Waals surface area contributed by atoms with E-state index >= 15 is 0 Å². The molecule has 1 aromatic rings. The van der Waals surface area contributed by atoms with Crippen molar-refractivity contribution in [2.75, 3.05) is 46.0 Å². The fourth-order valence-corrected chi connectivity index (χ4v) is 2.62. The second-order valence-corrected chi connectivity index (χ2v) is 5.70. The SMILES string of the molecule is CCOc1cccc(C(C)NCC(O)CN2CCOCC2)c1. The van der Waals surface area contributed by atoms with Crippen LogP contribution in [-0.2, 0) is 4.74 Å². The first-order chi connectivity index (χ1) is 10.7. The van der Waals surface area contributed by atoms with E-state index in [1.807, 2.05) is 19.1 Å². The van der Waals surface area contributed by atoms with E-state index in [2.05, 4.69) is 29.3 Å². The first kappa shape index (κ1) is 17.2. The van der Waals surface area contributed by atoms with Crippen LogP contribution in [0.3, 0.4) is 0 Å². The molecule has 1 saturated heterocycles. The summed E-state index contributed by atoms with van der Waals surface area (Å²) in [6.07, 6.45) is -0.365. The number of aliphatic hydroxyl groups excluding tert-OH is 1. The molecule has 1 aliphatic rings. The molecule has 124 valence electrons. The molecule has 2 unspecified atom stereocenters. The second-order valence-electron chi connectivity index (χ2n) is 5.70. The van der Waals surface area contributed by atoms with Gasteiger partial charge < -0.3 is 19.9 Å². The normalized spacial score (nSPS) is 18.9.